The van der Waals surface area contributed by atoms with Crippen molar-refractivity contribution in [3.05, 3.63) is 42.0 Å². The van der Waals surface area contributed by atoms with Gasteiger partial charge in [0.05, 0.1) is 13.2 Å². The van der Waals surface area contributed by atoms with E-state index in [-0.39, 0.29) is 12.4 Å². The molecule has 0 aliphatic carbocycles. The summed E-state index contributed by atoms with van der Waals surface area (Å²) >= 11 is 0. The lowest BCUT2D eigenvalue weighted by Gasteiger charge is -2.27. The highest BCUT2D eigenvalue weighted by Gasteiger charge is 2.20. The van der Waals surface area contributed by atoms with E-state index in [1.165, 1.54) is 70.6 Å². The predicted molar refractivity (Wildman–Crippen MR) is 122 cm³/mol. The summed E-state index contributed by atoms with van der Waals surface area (Å²) in [6.45, 7) is 4.33. The normalized spacial score (nSPS) is 19.8. The Morgan fingerprint density at radius 2 is 1.34 bits per heavy atom. The molecule has 0 radical (unpaired) electrons. The largest absolute Gasteiger partial charge is 0.373 e. The average Bonchev–Trinajstić information content (AvgIpc) is 2.77. The second-order valence-electron chi connectivity index (χ2n) is 8.19. The van der Waals surface area contributed by atoms with E-state index in [0.29, 0.717) is 13.2 Å². The van der Waals surface area contributed by atoms with Crippen molar-refractivity contribution < 1.29 is 14.2 Å². The van der Waals surface area contributed by atoms with E-state index in [9.17, 15) is 0 Å². The number of hydrogen-bond donors (Lipinski definition) is 0. The molecule has 0 bridgehead atoms. The summed E-state index contributed by atoms with van der Waals surface area (Å²) in [6.07, 6.45) is 20.2. The van der Waals surface area contributed by atoms with E-state index in [2.05, 4.69) is 19.1 Å². The standard InChI is InChI=1S/C26H42O3/c1-2-3-4-5-6-7-8-9-10-11-12-16-21-27-25-22-28-26(29-23-25)20-19-24-17-14-13-15-18-24/h13-15,17-20,25-26H,2-12,16,21-23H2,1H3/b20-19+. The Kier molecular flexibility index (Phi) is 13.8. The summed E-state index contributed by atoms with van der Waals surface area (Å²) in [5.74, 6) is 0. The van der Waals surface area contributed by atoms with E-state index in [4.69, 9.17) is 14.2 Å². The Morgan fingerprint density at radius 3 is 1.93 bits per heavy atom. The van der Waals surface area contributed by atoms with Crippen LogP contribution in [0.25, 0.3) is 6.08 Å². The fraction of sp³-hybridized carbons (Fsp3) is 0.692. The van der Waals surface area contributed by atoms with Gasteiger partial charge < -0.3 is 14.2 Å². The molecule has 29 heavy (non-hydrogen) atoms. The Hall–Kier alpha value is -1.16. The van der Waals surface area contributed by atoms with Crippen LogP contribution in [-0.4, -0.2) is 32.2 Å². The van der Waals surface area contributed by atoms with Crippen molar-refractivity contribution in [2.75, 3.05) is 19.8 Å². The van der Waals surface area contributed by atoms with Crippen LogP contribution in [-0.2, 0) is 14.2 Å². The van der Waals surface area contributed by atoms with Crippen molar-refractivity contribution in [1.82, 2.24) is 0 Å². The Morgan fingerprint density at radius 1 is 0.793 bits per heavy atom. The van der Waals surface area contributed by atoms with Crippen molar-refractivity contribution >= 4 is 6.08 Å². The van der Waals surface area contributed by atoms with Gasteiger partial charge in [0.15, 0.2) is 6.29 Å². The van der Waals surface area contributed by atoms with Crippen molar-refractivity contribution in [3.63, 3.8) is 0 Å². The van der Waals surface area contributed by atoms with Gasteiger partial charge in [-0.15, -0.1) is 0 Å². The van der Waals surface area contributed by atoms with Gasteiger partial charge in [0, 0.05) is 6.61 Å². The number of unbranched alkanes of at least 4 members (excludes halogenated alkanes) is 11. The monoisotopic (exact) mass is 402 g/mol. The van der Waals surface area contributed by atoms with E-state index in [0.717, 1.165) is 18.6 Å². The van der Waals surface area contributed by atoms with Gasteiger partial charge in [-0.1, -0.05) is 114 Å². The molecule has 1 aromatic rings. The third-order valence-electron chi connectivity index (χ3n) is 5.49. The quantitative estimate of drug-likeness (QED) is 0.275. The van der Waals surface area contributed by atoms with Gasteiger partial charge in [-0.2, -0.15) is 0 Å². The number of ether oxygens (including phenoxy) is 3. The number of hydrogen-bond acceptors (Lipinski definition) is 3. The summed E-state index contributed by atoms with van der Waals surface area (Å²) in [7, 11) is 0. The van der Waals surface area contributed by atoms with Crippen LogP contribution < -0.4 is 0 Å². The number of benzene rings is 1. The smallest absolute Gasteiger partial charge is 0.177 e. The van der Waals surface area contributed by atoms with Crippen LogP contribution in [0.1, 0.15) is 89.5 Å². The zero-order chi connectivity index (χ0) is 20.4. The molecule has 0 amide bonds. The molecule has 0 atom stereocenters. The first-order valence-electron chi connectivity index (χ1n) is 12.0. The molecule has 1 aromatic carbocycles. The zero-order valence-corrected chi connectivity index (χ0v) is 18.5. The lowest BCUT2D eigenvalue weighted by molar-refractivity contribution is -0.204. The Labute approximate surface area is 178 Å². The van der Waals surface area contributed by atoms with Crippen molar-refractivity contribution in [1.29, 1.82) is 0 Å². The van der Waals surface area contributed by atoms with Crippen LogP contribution in [0.4, 0.5) is 0 Å². The lowest BCUT2D eigenvalue weighted by atomic mass is 10.1. The minimum Gasteiger partial charge on any atom is -0.373 e. The minimum atomic E-state index is -0.262. The first kappa shape index (κ1) is 24.1. The van der Waals surface area contributed by atoms with Gasteiger partial charge >= 0.3 is 0 Å². The number of rotatable bonds is 16. The SMILES string of the molecule is CCCCCCCCCCCCCCOC1COC(/C=C/c2ccccc2)OC1. The van der Waals surface area contributed by atoms with Crippen LogP contribution in [0.15, 0.2) is 36.4 Å². The van der Waals surface area contributed by atoms with Gasteiger partial charge in [-0.3, -0.25) is 0 Å². The molecule has 1 aliphatic heterocycles. The molecule has 0 N–H and O–H groups in total. The highest BCUT2D eigenvalue weighted by atomic mass is 16.7. The second-order valence-corrected chi connectivity index (χ2v) is 8.19. The second kappa shape index (κ2) is 16.6. The van der Waals surface area contributed by atoms with Crippen LogP contribution in [0.5, 0.6) is 0 Å². The van der Waals surface area contributed by atoms with E-state index >= 15 is 0 Å². The molecule has 1 saturated heterocycles. The Balaban J connectivity index is 1.36. The van der Waals surface area contributed by atoms with Crippen molar-refractivity contribution in [3.8, 4) is 0 Å². The van der Waals surface area contributed by atoms with Gasteiger partial charge in [-0.05, 0) is 18.1 Å². The van der Waals surface area contributed by atoms with Crippen LogP contribution in [0.3, 0.4) is 0 Å². The van der Waals surface area contributed by atoms with E-state index in [1.54, 1.807) is 0 Å². The minimum absolute atomic E-state index is 0.0732. The third kappa shape index (κ3) is 12.2. The lowest BCUT2D eigenvalue weighted by Crippen LogP contribution is -2.36. The topological polar surface area (TPSA) is 27.7 Å². The van der Waals surface area contributed by atoms with Gasteiger partial charge in [0.2, 0.25) is 0 Å². The molecule has 2 rings (SSSR count). The maximum Gasteiger partial charge on any atom is 0.177 e. The van der Waals surface area contributed by atoms with Gasteiger partial charge in [0.25, 0.3) is 0 Å². The van der Waals surface area contributed by atoms with E-state index in [1.807, 2.05) is 30.4 Å². The maximum absolute atomic E-state index is 5.91. The zero-order valence-electron chi connectivity index (χ0n) is 18.5. The summed E-state index contributed by atoms with van der Waals surface area (Å²) in [6, 6.07) is 10.2. The molecule has 1 heterocycles. The van der Waals surface area contributed by atoms with Crippen molar-refractivity contribution in [2.45, 2.75) is 96.4 Å². The van der Waals surface area contributed by atoms with Crippen LogP contribution in [0.2, 0.25) is 0 Å². The predicted octanol–water partition coefficient (Wildman–Crippen LogP) is 7.16. The first-order valence-corrected chi connectivity index (χ1v) is 12.0. The molecule has 1 aliphatic rings. The van der Waals surface area contributed by atoms with Gasteiger partial charge in [0.1, 0.15) is 6.10 Å². The Bertz CT molecular complexity index is 506. The van der Waals surface area contributed by atoms with Crippen molar-refractivity contribution in [2.24, 2.45) is 0 Å². The highest BCUT2D eigenvalue weighted by molar-refractivity contribution is 5.48. The molecule has 3 nitrogen and oxygen atoms in total. The van der Waals surface area contributed by atoms with Crippen LogP contribution >= 0.6 is 0 Å². The molecule has 1 fully saturated rings. The maximum atomic E-state index is 5.91. The first-order chi connectivity index (χ1) is 14.4. The summed E-state index contributed by atoms with van der Waals surface area (Å²) in [5.41, 5.74) is 1.16. The fourth-order valence-corrected chi connectivity index (χ4v) is 3.65. The third-order valence-corrected chi connectivity index (χ3v) is 5.49. The highest BCUT2D eigenvalue weighted by Crippen LogP contribution is 2.14. The molecular formula is C26H42O3. The van der Waals surface area contributed by atoms with Crippen LogP contribution in [0, 0.1) is 0 Å². The summed E-state index contributed by atoms with van der Waals surface area (Å²) in [5, 5.41) is 0. The molecule has 0 saturated carbocycles. The molecule has 0 aromatic heterocycles. The molecule has 0 unspecified atom stereocenters. The molecule has 3 heteroatoms. The summed E-state index contributed by atoms with van der Waals surface area (Å²) in [4.78, 5) is 0. The average molecular weight is 403 g/mol. The van der Waals surface area contributed by atoms with E-state index < -0.39 is 0 Å². The fourth-order valence-electron chi connectivity index (χ4n) is 3.65. The summed E-state index contributed by atoms with van der Waals surface area (Å²) < 4.78 is 17.4. The molecular weight excluding hydrogens is 360 g/mol. The van der Waals surface area contributed by atoms with Gasteiger partial charge in [-0.25, -0.2) is 0 Å². The molecule has 0 spiro atoms. The molecule has 164 valence electrons.